The molecule has 1 fully saturated rings. The predicted molar refractivity (Wildman–Crippen MR) is 33.8 cm³/mol. The minimum absolute atomic E-state index is 0.240. The highest BCUT2D eigenvalue weighted by atomic mass is 16.2. The van der Waals surface area contributed by atoms with Gasteiger partial charge in [-0.15, -0.1) is 0 Å². The zero-order valence-corrected chi connectivity index (χ0v) is 5.13. The Balaban J connectivity index is 2.12. The summed E-state index contributed by atoms with van der Waals surface area (Å²) >= 11 is 0. The van der Waals surface area contributed by atoms with Crippen molar-refractivity contribution in [2.24, 2.45) is 5.92 Å². The van der Waals surface area contributed by atoms with E-state index in [1.165, 1.54) is 0 Å². The van der Waals surface area contributed by atoms with Crippen molar-refractivity contribution in [3.8, 4) is 0 Å². The smallest absolute Gasteiger partial charge is 0.225 e. The van der Waals surface area contributed by atoms with Crippen LogP contribution in [0.5, 0.6) is 0 Å². The van der Waals surface area contributed by atoms with Crippen molar-refractivity contribution in [3.05, 3.63) is 12.2 Å². The summed E-state index contributed by atoms with van der Waals surface area (Å²) in [5.74, 6) is 0.555. The van der Waals surface area contributed by atoms with Crippen LogP contribution in [-0.2, 0) is 4.79 Å². The summed E-state index contributed by atoms with van der Waals surface area (Å²) in [4.78, 5) is 10.7. The van der Waals surface area contributed by atoms with Crippen LogP contribution in [0, 0.1) is 5.92 Å². The topological polar surface area (TPSA) is 29.1 Å². The minimum atomic E-state index is 0.240. The van der Waals surface area contributed by atoms with E-state index in [4.69, 9.17) is 0 Å². The van der Waals surface area contributed by atoms with Gasteiger partial charge in [0.1, 0.15) is 0 Å². The van der Waals surface area contributed by atoms with Crippen LogP contribution in [0.25, 0.3) is 0 Å². The first-order chi connectivity index (χ1) is 4.38. The van der Waals surface area contributed by atoms with E-state index in [0.717, 1.165) is 12.8 Å². The summed E-state index contributed by atoms with van der Waals surface area (Å²) in [5.41, 5.74) is 0. The average Bonchev–Trinajstić information content (AvgIpc) is 1.86. The largest absolute Gasteiger partial charge is 0.352 e. The Bertz CT molecular complexity index is 174. The number of allylic oxidation sites excluding steroid dienone is 1. The molecule has 0 unspecified atom stereocenters. The van der Waals surface area contributed by atoms with Gasteiger partial charge >= 0.3 is 0 Å². The third kappa shape index (κ3) is 0.590. The Kier molecular flexibility index (Phi) is 0.891. The number of amides is 1. The summed E-state index contributed by atoms with van der Waals surface area (Å²) in [6, 6.07) is 0.475. The van der Waals surface area contributed by atoms with Crippen LogP contribution in [0.2, 0.25) is 0 Å². The van der Waals surface area contributed by atoms with Gasteiger partial charge in [-0.2, -0.15) is 0 Å². The zero-order valence-electron chi connectivity index (χ0n) is 5.13. The molecule has 1 aliphatic heterocycles. The normalized spacial score (nSPS) is 38.9. The first-order valence-electron chi connectivity index (χ1n) is 3.33. The Morgan fingerprint density at radius 3 is 2.78 bits per heavy atom. The molecular weight excluding hydrogens is 114 g/mol. The molecule has 0 aromatic carbocycles. The standard InChI is InChI=1S/C7H9NO/c9-7-5-3-1-2-4-6(5)8-7/h1-2,5-6H,3-4H2,(H,8,9)/t5-,6-/m1/s1. The van der Waals surface area contributed by atoms with Gasteiger partial charge in [-0.1, -0.05) is 12.2 Å². The van der Waals surface area contributed by atoms with Crippen molar-refractivity contribution < 1.29 is 4.79 Å². The van der Waals surface area contributed by atoms with Crippen molar-refractivity contribution in [1.29, 1.82) is 0 Å². The molecule has 0 saturated carbocycles. The van der Waals surface area contributed by atoms with Crippen LogP contribution in [0.4, 0.5) is 0 Å². The molecule has 1 aliphatic carbocycles. The molecule has 2 heteroatoms. The van der Waals surface area contributed by atoms with Crippen molar-refractivity contribution in [2.45, 2.75) is 18.9 Å². The van der Waals surface area contributed by atoms with Gasteiger partial charge in [0.15, 0.2) is 0 Å². The fourth-order valence-corrected chi connectivity index (χ4v) is 1.46. The molecule has 2 aliphatic rings. The number of nitrogens with one attached hydrogen (secondary N) is 1. The molecule has 0 aromatic rings. The maximum Gasteiger partial charge on any atom is 0.225 e. The van der Waals surface area contributed by atoms with E-state index in [0.29, 0.717) is 12.0 Å². The SMILES string of the molecule is O=C1N[C@@H]2CC=CC[C@@H]12. The quantitative estimate of drug-likeness (QED) is 0.368. The van der Waals surface area contributed by atoms with E-state index in [-0.39, 0.29) is 5.91 Å². The summed E-state index contributed by atoms with van der Waals surface area (Å²) < 4.78 is 0. The lowest BCUT2D eigenvalue weighted by molar-refractivity contribution is -0.134. The number of fused-ring (bicyclic) bond motifs is 1. The second kappa shape index (κ2) is 1.59. The molecule has 0 spiro atoms. The Hall–Kier alpha value is -0.790. The minimum Gasteiger partial charge on any atom is -0.352 e. The number of carbonyl (C=O) groups is 1. The molecule has 1 amide bonds. The molecule has 2 nitrogen and oxygen atoms in total. The number of hydrogen-bond donors (Lipinski definition) is 1. The van der Waals surface area contributed by atoms with Crippen molar-refractivity contribution in [1.82, 2.24) is 5.32 Å². The fourth-order valence-electron chi connectivity index (χ4n) is 1.46. The maximum absolute atomic E-state index is 10.7. The molecule has 0 aromatic heterocycles. The van der Waals surface area contributed by atoms with Gasteiger partial charge < -0.3 is 5.32 Å². The van der Waals surface area contributed by atoms with Crippen molar-refractivity contribution in [3.63, 3.8) is 0 Å². The van der Waals surface area contributed by atoms with Gasteiger partial charge in [-0.05, 0) is 12.8 Å². The molecule has 48 valence electrons. The van der Waals surface area contributed by atoms with Crippen LogP contribution in [-0.4, -0.2) is 11.9 Å². The summed E-state index contributed by atoms with van der Waals surface area (Å²) in [5, 5.41) is 2.85. The number of carbonyl (C=O) groups excluding carboxylic acids is 1. The molecule has 1 heterocycles. The molecule has 1 N–H and O–H groups in total. The van der Waals surface area contributed by atoms with Gasteiger partial charge in [0.05, 0.1) is 5.92 Å². The second-order valence-corrected chi connectivity index (χ2v) is 2.66. The third-order valence-corrected chi connectivity index (χ3v) is 2.10. The van der Waals surface area contributed by atoms with Crippen molar-refractivity contribution >= 4 is 5.91 Å². The third-order valence-electron chi connectivity index (χ3n) is 2.10. The summed E-state index contributed by atoms with van der Waals surface area (Å²) in [6.07, 6.45) is 6.23. The van der Waals surface area contributed by atoms with E-state index in [9.17, 15) is 4.79 Å². The highest BCUT2D eigenvalue weighted by Crippen LogP contribution is 2.25. The molecular formula is C7H9NO. The summed E-state index contributed by atoms with van der Waals surface area (Å²) in [6.45, 7) is 0. The van der Waals surface area contributed by atoms with Crippen LogP contribution in [0.15, 0.2) is 12.2 Å². The van der Waals surface area contributed by atoms with E-state index in [1.54, 1.807) is 0 Å². The highest BCUT2D eigenvalue weighted by molar-refractivity contribution is 5.86. The van der Waals surface area contributed by atoms with Gasteiger partial charge in [-0.3, -0.25) is 4.79 Å². The van der Waals surface area contributed by atoms with Gasteiger partial charge in [-0.25, -0.2) is 0 Å². The number of hydrogen-bond acceptors (Lipinski definition) is 1. The lowest BCUT2D eigenvalue weighted by atomic mass is 9.82. The first-order valence-corrected chi connectivity index (χ1v) is 3.33. The van der Waals surface area contributed by atoms with E-state index < -0.39 is 0 Å². The number of β-lactam (4-membered cyclic amide) rings is 1. The van der Waals surface area contributed by atoms with E-state index >= 15 is 0 Å². The van der Waals surface area contributed by atoms with Gasteiger partial charge in [0, 0.05) is 6.04 Å². The molecule has 0 radical (unpaired) electrons. The van der Waals surface area contributed by atoms with Crippen LogP contribution in [0.1, 0.15) is 12.8 Å². The molecule has 9 heavy (non-hydrogen) atoms. The fraction of sp³-hybridized carbons (Fsp3) is 0.571. The lowest BCUT2D eigenvalue weighted by Gasteiger charge is -2.37. The second-order valence-electron chi connectivity index (χ2n) is 2.66. The zero-order chi connectivity index (χ0) is 6.27. The molecule has 2 atom stereocenters. The predicted octanol–water partition coefficient (Wildman–Crippen LogP) is 0.451. The molecule has 1 saturated heterocycles. The Morgan fingerprint density at radius 2 is 2.22 bits per heavy atom. The lowest BCUT2D eigenvalue weighted by Crippen LogP contribution is -2.58. The monoisotopic (exact) mass is 123 g/mol. The Labute approximate surface area is 53.9 Å². The van der Waals surface area contributed by atoms with Crippen LogP contribution >= 0.6 is 0 Å². The highest BCUT2D eigenvalue weighted by Gasteiger charge is 2.38. The van der Waals surface area contributed by atoms with Gasteiger partial charge in [0.2, 0.25) is 5.91 Å². The first kappa shape index (κ1) is 5.03. The summed E-state index contributed by atoms with van der Waals surface area (Å²) in [7, 11) is 0. The Morgan fingerprint density at radius 1 is 1.44 bits per heavy atom. The van der Waals surface area contributed by atoms with Crippen molar-refractivity contribution in [2.75, 3.05) is 0 Å². The van der Waals surface area contributed by atoms with Gasteiger partial charge in [0.25, 0.3) is 0 Å². The molecule has 0 bridgehead atoms. The van der Waals surface area contributed by atoms with Crippen LogP contribution < -0.4 is 5.32 Å². The average molecular weight is 123 g/mol. The van der Waals surface area contributed by atoms with Crippen LogP contribution in [0.3, 0.4) is 0 Å². The maximum atomic E-state index is 10.7. The van der Waals surface area contributed by atoms with E-state index in [1.807, 2.05) is 0 Å². The number of rotatable bonds is 0. The molecule has 2 rings (SSSR count). The van der Waals surface area contributed by atoms with E-state index in [2.05, 4.69) is 17.5 Å².